The number of aliphatic hydroxyl groups is 2. The molecule has 3 aromatic rings. The van der Waals surface area contributed by atoms with Crippen molar-refractivity contribution in [3.05, 3.63) is 46.5 Å². The number of imidazole rings is 1. The molecular weight excluding hydrogens is 454 g/mol. The predicted octanol–water partition coefficient (Wildman–Crippen LogP) is 2.41. The number of fused-ring (bicyclic) bond motifs is 1. The van der Waals surface area contributed by atoms with E-state index >= 15 is 0 Å². The summed E-state index contributed by atoms with van der Waals surface area (Å²) in [6, 6.07) is 8.04. The molecule has 1 fully saturated rings. The van der Waals surface area contributed by atoms with Crippen LogP contribution in [-0.4, -0.2) is 52.9 Å². The maximum Gasteiger partial charge on any atom is 0.208 e. The topological polar surface area (TPSA) is 96.1 Å². The van der Waals surface area contributed by atoms with Gasteiger partial charge in [-0.05, 0) is 30.5 Å². The summed E-state index contributed by atoms with van der Waals surface area (Å²) in [6.45, 7) is 2.83. The Balaban J connectivity index is 1.65. The van der Waals surface area contributed by atoms with Gasteiger partial charge in [0.05, 0.1) is 23.8 Å². The number of rotatable bonds is 5. The smallest absolute Gasteiger partial charge is 0.208 e. The van der Waals surface area contributed by atoms with Crippen molar-refractivity contribution >= 4 is 44.7 Å². The summed E-state index contributed by atoms with van der Waals surface area (Å²) in [6.07, 6.45) is 0.242. The van der Waals surface area contributed by atoms with Crippen LogP contribution in [0.2, 0.25) is 0 Å². The van der Waals surface area contributed by atoms with Gasteiger partial charge in [-0.15, -0.1) is 0 Å². The summed E-state index contributed by atoms with van der Waals surface area (Å²) in [5.41, 5.74) is 2.41. The predicted molar refractivity (Wildman–Crippen MR) is 118 cm³/mol. The Morgan fingerprint density at radius 1 is 1.34 bits per heavy atom. The lowest BCUT2D eigenvalue weighted by Gasteiger charge is -2.16. The van der Waals surface area contributed by atoms with E-state index in [0.717, 1.165) is 10.0 Å². The third-order valence-electron chi connectivity index (χ3n) is 4.68. The van der Waals surface area contributed by atoms with Crippen LogP contribution in [0.4, 0.5) is 5.82 Å². The third kappa shape index (κ3) is 4.41. The zero-order valence-corrected chi connectivity index (χ0v) is 18.1. The van der Waals surface area contributed by atoms with Gasteiger partial charge in [-0.1, -0.05) is 34.0 Å². The van der Waals surface area contributed by atoms with E-state index in [1.165, 1.54) is 0 Å². The molecule has 0 saturated carbocycles. The second-order valence-corrected chi connectivity index (χ2v) is 8.94. The number of nitrogens with zero attached hydrogens (tertiary/aromatic N) is 4. The van der Waals surface area contributed by atoms with Crippen LogP contribution in [0, 0.1) is 11.8 Å². The number of hydrogen-bond donors (Lipinski definition) is 3. The zero-order chi connectivity index (χ0) is 20.4. The van der Waals surface area contributed by atoms with Gasteiger partial charge in [0.1, 0.15) is 0 Å². The first kappa shape index (κ1) is 20.2. The minimum atomic E-state index is -0.761. The average molecular weight is 474 g/mol. The van der Waals surface area contributed by atoms with Crippen molar-refractivity contribution in [2.75, 3.05) is 11.1 Å². The van der Waals surface area contributed by atoms with Gasteiger partial charge in [0, 0.05) is 23.3 Å². The van der Waals surface area contributed by atoms with E-state index in [0.29, 0.717) is 41.6 Å². The number of nitrogens with one attached hydrogen (secondary N) is 1. The van der Waals surface area contributed by atoms with Crippen molar-refractivity contribution in [2.45, 2.75) is 37.5 Å². The van der Waals surface area contributed by atoms with E-state index in [4.69, 9.17) is 0 Å². The molecule has 2 aromatic heterocycles. The van der Waals surface area contributed by atoms with Gasteiger partial charge in [0.25, 0.3) is 0 Å². The largest absolute Gasteiger partial charge is 0.390 e. The maximum absolute atomic E-state index is 10.2. The Morgan fingerprint density at radius 2 is 2.21 bits per heavy atom. The summed E-state index contributed by atoms with van der Waals surface area (Å²) in [4.78, 5) is 13.6. The molecule has 1 saturated heterocycles. The van der Waals surface area contributed by atoms with E-state index in [9.17, 15) is 10.2 Å². The Morgan fingerprint density at radius 3 is 2.93 bits per heavy atom. The van der Waals surface area contributed by atoms with Crippen LogP contribution in [0.5, 0.6) is 0 Å². The fourth-order valence-corrected chi connectivity index (χ4v) is 4.96. The van der Waals surface area contributed by atoms with Gasteiger partial charge >= 0.3 is 0 Å². The summed E-state index contributed by atoms with van der Waals surface area (Å²) in [7, 11) is 0. The van der Waals surface area contributed by atoms with E-state index in [-0.39, 0.29) is 5.25 Å². The molecule has 3 heterocycles. The van der Waals surface area contributed by atoms with Crippen LogP contribution in [0.1, 0.15) is 18.3 Å². The first-order valence-electron chi connectivity index (χ1n) is 9.17. The number of aromatic nitrogens is 4. The minimum Gasteiger partial charge on any atom is -0.390 e. The molecule has 1 aliphatic rings. The Hall–Kier alpha value is -2.12. The summed E-state index contributed by atoms with van der Waals surface area (Å²) in [5.74, 6) is 7.32. The maximum atomic E-state index is 10.2. The molecule has 4 rings (SSSR count). The van der Waals surface area contributed by atoms with Gasteiger partial charge < -0.3 is 20.1 Å². The highest BCUT2D eigenvalue weighted by molar-refractivity contribution is 9.10. The van der Waals surface area contributed by atoms with E-state index in [1.54, 1.807) is 25.0 Å². The lowest BCUT2D eigenvalue weighted by molar-refractivity contribution is 0.0396. The fourth-order valence-electron chi connectivity index (χ4n) is 3.22. The van der Waals surface area contributed by atoms with Crippen molar-refractivity contribution in [1.29, 1.82) is 0 Å². The number of benzene rings is 1. The first-order valence-corrected chi connectivity index (χ1v) is 11.0. The average Bonchev–Trinajstić information content (AvgIpc) is 3.25. The molecule has 3 atom stereocenters. The molecule has 29 heavy (non-hydrogen) atoms. The SMILES string of the molecule is CC#Cc1nc(NCc2cccc(Br)c2)c2ncn(C[C@@H]3SC[C@@H](O)[C@H]3O)c2n1. The van der Waals surface area contributed by atoms with Crippen molar-refractivity contribution in [2.24, 2.45) is 0 Å². The zero-order valence-electron chi connectivity index (χ0n) is 15.7. The highest BCUT2D eigenvalue weighted by Gasteiger charge is 2.34. The molecular formula is C20H20BrN5O2S. The quantitative estimate of drug-likeness (QED) is 0.489. The molecule has 0 unspecified atom stereocenters. The normalized spacial score (nSPS) is 21.2. The van der Waals surface area contributed by atoms with E-state index in [1.807, 2.05) is 28.8 Å². The standard InChI is InChI=1S/C20H20BrN5O2S/c1-2-4-16-24-19(22-8-12-5-3-6-13(21)7-12)17-20(25-16)26(11-23-17)9-15-18(28)14(27)10-29-15/h3,5-7,11,14-15,18,27-28H,8-10H2,1H3,(H,22,24,25)/t14-,15+,18-/m1/s1. The van der Waals surface area contributed by atoms with Crippen LogP contribution in [0.3, 0.4) is 0 Å². The minimum absolute atomic E-state index is 0.115. The lowest BCUT2D eigenvalue weighted by Crippen LogP contribution is -2.31. The molecule has 150 valence electrons. The molecule has 0 bridgehead atoms. The van der Waals surface area contributed by atoms with Gasteiger partial charge in [0.2, 0.25) is 5.82 Å². The monoisotopic (exact) mass is 473 g/mol. The number of anilines is 1. The van der Waals surface area contributed by atoms with Gasteiger partial charge in [-0.25, -0.2) is 15.0 Å². The lowest BCUT2D eigenvalue weighted by atomic mass is 10.1. The molecule has 0 spiro atoms. The fraction of sp³-hybridized carbons (Fsp3) is 0.350. The molecule has 9 heteroatoms. The Kier molecular flexibility index (Phi) is 6.06. The molecule has 0 radical (unpaired) electrons. The number of halogens is 1. The van der Waals surface area contributed by atoms with Crippen molar-refractivity contribution in [3.8, 4) is 11.8 Å². The first-order chi connectivity index (χ1) is 14.0. The summed E-state index contributed by atoms with van der Waals surface area (Å²) >= 11 is 5.04. The molecule has 0 aliphatic carbocycles. The van der Waals surface area contributed by atoms with Crippen molar-refractivity contribution in [1.82, 2.24) is 19.5 Å². The van der Waals surface area contributed by atoms with Crippen LogP contribution in [0.25, 0.3) is 11.2 Å². The molecule has 3 N–H and O–H groups in total. The summed E-state index contributed by atoms with van der Waals surface area (Å²) < 4.78 is 2.91. The number of aliphatic hydroxyl groups excluding tert-OH is 2. The number of hydrogen-bond acceptors (Lipinski definition) is 7. The number of thioether (sulfide) groups is 1. The van der Waals surface area contributed by atoms with E-state index in [2.05, 4.69) is 48.0 Å². The second kappa shape index (κ2) is 8.71. The summed E-state index contributed by atoms with van der Waals surface area (Å²) in [5, 5.41) is 23.2. The van der Waals surface area contributed by atoms with Crippen LogP contribution in [-0.2, 0) is 13.1 Å². The van der Waals surface area contributed by atoms with Crippen molar-refractivity contribution in [3.63, 3.8) is 0 Å². The molecule has 0 amide bonds. The molecule has 1 aliphatic heterocycles. The second-order valence-electron chi connectivity index (χ2n) is 6.75. The third-order valence-corrected chi connectivity index (χ3v) is 6.57. The van der Waals surface area contributed by atoms with Crippen LogP contribution in [0.15, 0.2) is 35.1 Å². The van der Waals surface area contributed by atoms with Crippen molar-refractivity contribution < 1.29 is 10.2 Å². The van der Waals surface area contributed by atoms with Crippen LogP contribution < -0.4 is 5.32 Å². The van der Waals surface area contributed by atoms with Gasteiger partial charge in [-0.3, -0.25) is 0 Å². The van der Waals surface area contributed by atoms with Crippen LogP contribution >= 0.6 is 27.7 Å². The van der Waals surface area contributed by atoms with Gasteiger partial charge in [0.15, 0.2) is 17.0 Å². The molecule has 7 nitrogen and oxygen atoms in total. The highest BCUT2D eigenvalue weighted by atomic mass is 79.9. The Labute approximate surface area is 181 Å². The highest BCUT2D eigenvalue weighted by Crippen LogP contribution is 2.30. The van der Waals surface area contributed by atoms with E-state index < -0.39 is 12.2 Å². The van der Waals surface area contributed by atoms with Gasteiger partial charge in [-0.2, -0.15) is 11.8 Å². The Bertz CT molecular complexity index is 1090. The molecule has 1 aromatic carbocycles.